The molecule has 5 heteroatoms. The molecule has 0 aliphatic rings. The Labute approximate surface area is 117 Å². The Morgan fingerprint density at radius 1 is 1.61 bits per heavy atom. The maximum Gasteiger partial charge on any atom is 0.220 e. The number of alkyl halides is 1. The van der Waals surface area contributed by atoms with Gasteiger partial charge in [0.15, 0.2) is 0 Å². The van der Waals surface area contributed by atoms with Gasteiger partial charge in [-0.2, -0.15) is 0 Å². The molecule has 0 spiro atoms. The Morgan fingerprint density at radius 2 is 2.44 bits per heavy atom. The minimum Gasteiger partial charge on any atom is -0.383 e. The van der Waals surface area contributed by atoms with Gasteiger partial charge in [0.25, 0.3) is 0 Å². The Bertz CT molecular complexity index is 324. The van der Waals surface area contributed by atoms with Crippen molar-refractivity contribution < 1.29 is 9.53 Å². The van der Waals surface area contributed by atoms with Gasteiger partial charge < -0.3 is 10.1 Å². The fourth-order valence-corrected chi connectivity index (χ4v) is 2.72. The van der Waals surface area contributed by atoms with E-state index < -0.39 is 0 Å². The number of aryl methyl sites for hydroxylation is 1. The van der Waals surface area contributed by atoms with E-state index in [0.29, 0.717) is 18.9 Å². The number of amides is 1. The lowest BCUT2D eigenvalue weighted by molar-refractivity contribution is -0.122. The summed E-state index contributed by atoms with van der Waals surface area (Å²) in [5.41, 5.74) is 0. The van der Waals surface area contributed by atoms with Crippen molar-refractivity contribution in [3.63, 3.8) is 0 Å². The lowest BCUT2D eigenvalue weighted by Crippen LogP contribution is -2.38. The van der Waals surface area contributed by atoms with E-state index in [1.807, 2.05) is 6.07 Å². The monoisotopic (exact) mass is 289 g/mol. The van der Waals surface area contributed by atoms with Crippen LogP contribution in [0.3, 0.4) is 0 Å². The van der Waals surface area contributed by atoms with Crippen molar-refractivity contribution in [2.75, 3.05) is 19.6 Å². The van der Waals surface area contributed by atoms with Crippen molar-refractivity contribution in [2.45, 2.75) is 31.7 Å². The highest BCUT2D eigenvalue weighted by atomic mass is 35.5. The highest BCUT2D eigenvalue weighted by Crippen LogP contribution is 2.11. The molecule has 1 aromatic rings. The smallest absolute Gasteiger partial charge is 0.220 e. The van der Waals surface area contributed by atoms with Crippen LogP contribution in [-0.4, -0.2) is 31.5 Å². The molecule has 1 heterocycles. The second-order valence-corrected chi connectivity index (χ2v) is 5.54. The van der Waals surface area contributed by atoms with E-state index in [-0.39, 0.29) is 11.9 Å². The van der Waals surface area contributed by atoms with Gasteiger partial charge in [0.2, 0.25) is 5.91 Å². The van der Waals surface area contributed by atoms with Crippen LogP contribution in [0.5, 0.6) is 0 Å². The molecular formula is C13H20ClNO2S. The number of ether oxygens (including phenoxy) is 1. The lowest BCUT2D eigenvalue weighted by Gasteiger charge is -2.16. The highest BCUT2D eigenvalue weighted by Gasteiger charge is 2.11. The van der Waals surface area contributed by atoms with Gasteiger partial charge in [-0.3, -0.25) is 4.79 Å². The summed E-state index contributed by atoms with van der Waals surface area (Å²) in [6.07, 6.45) is 3.15. The third kappa shape index (κ3) is 6.38. The first kappa shape index (κ1) is 15.5. The number of hydrogen-bond acceptors (Lipinski definition) is 3. The summed E-state index contributed by atoms with van der Waals surface area (Å²) in [6.45, 7) is 0.517. The molecule has 3 nitrogen and oxygen atoms in total. The molecule has 1 rings (SSSR count). The zero-order chi connectivity index (χ0) is 13.2. The number of rotatable bonds is 9. The van der Waals surface area contributed by atoms with Gasteiger partial charge in [0, 0.05) is 24.3 Å². The van der Waals surface area contributed by atoms with Crippen LogP contribution in [0.2, 0.25) is 0 Å². The Morgan fingerprint density at radius 3 is 3.06 bits per heavy atom. The molecule has 0 aromatic carbocycles. The number of hydrogen-bond donors (Lipinski definition) is 1. The summed E-state index contributed by atoms with van der Waals surface area (Å²) in [4.78, 5) is 13.1. The van der Waals surface area contributed by atoms with Gasteiger partial charge in [-0.25, -0.2) is 0 Å². The summed E-state index contributed by atoms with van der Waals surface area (Å²) < 4.78 is 5.05. The van der Waals surface area contributed by atoms with E-state index in [0.717, 1.165) is 19.3 Å². The van der Waals surface area contributed by atoms with Crippen LogP contribution in [0, 0.1) is 0 Å². The van der Waals surface area contributed by atoms with Crippen LogP contribution in [0.25, 0.3) is 0 Å². The molecular weight excluding hydrogens is 270 g/mol. The lowest BCUT2D eigenvalue weighted by atomic mass is 10.2. The number of halogens is 1. The zero-order valence-electron chi connectivity index (χ0n) is 10.7. The maximum atomic E-state index is 11.7. The van der Waals surface area contributed by atoms with Gasteiger partial charge in [-0.05, 0) is 30.7 Å². The van der Waals surface area contributed by atoms with Gasteiger partial charge in [0.1, 0.15) is 0 Å². The first-order valence-corrected chi connectivity index (χ1v) is 7.54. The number of nitrogens with one attached hydrogen (secondary N) is 1. The molecule has 0 radical (unpaired) electrons. The molecule has 1 unspecified atom stereocenters. The molecule has 0 bridgehead atoms. The van der Waals surface area contributed by atoms with E-state index >= 15 is 0 Å². The second kappa shape index (κ2) is 9.36. The molecule has 1 aromatic heterocycles. The molecule has 1 atom stereocenters. The first-order chi connectivity index (χ1) is 8.76. The van der Waals surface area contributed by atoms with E-state index in [9.17, 15) is 4.79 Å². The van der Waals surface area contributed by atoms with Crippen LogP contribution in [-0.2, 0) is 16.0 Å². The predicted octanol–water partition coefficient (Wildman–Crippen LogP) is 2.83. The van der Waals surface area contributed by atoms with E-state index in [1.54, 1.807) is 18.4 Å². The van der Waals surface area contributed by atoms with Crippen LogP contribution in [0.15, 0.2) is 17.5 Å². The highest BCUT2D eigenvalue weighted by molar-refractivity contribution is 7.09. The van der Waals surface area contributed by atoms with Crippen molar-refractivity contribution in [2.24, 2.45) is 0 Å². The predicted molar refractivity (Wildman–Crippen MR) is 76.4 cm³/mol. The quantitative estimate of drug-likeness (QED) is 0.710. The van der Waals surface area contributed by atoms with E-state index in [2.05, 4.69) is 16.8 Å². The van der Waals surface area contributed by atoms with E-state index in [4.69, 9.17) is 16.3 Å². The molecule has 0 aliphatic heterocycles. The van der Waals surface area contributed by atoms with Crippen molar-refractivity contribution in [1.82, 2.24) is 5.32 Å². The maximum absolute atomic E-state index is 11.7. The molecule has 18 heavy (non-hydrogen) atoms. The molecule has 0 aliphatic carbocycles. The third-order valence-corrected chi connectivity index (χ3v) is 3.75. The number of carbonyl (C=O) groups excluding carboxylic acids is 1. The van der Waals surface area contributed by atoms with Gasteiger partial charge in [-0.1, -0.05) is 6.07 Å². The Kier molecular flexibility index (Phi) is 8.05. The average Bonchev–Trinajstić information content (AvgIpc) is 2.82. The molecule has 0 fully saturated rings. The van der Waals surface area contributed by atoms with Crippen LogP contribution in [0.4, 0.5) is 0 Å². The first-order valence-electron chi connectivity index (χ1n) is 6.13. The van der Waals surface area contributed by atoms with Crippen molar-refractivity contribution >= 4 is 28.8 Å². The van der Waals surface area contributed by atoms with E-state index in [1.165, 1.54) is 4.88 Å². The average molecular weight is 290 g/mol. The summed E-state index contributed by atoms with van der Waals surface area (Å²) >= 11 is 7.42. The van der Waals surface area contributed by atoms with Gasteiger partial charge in [-0.15, -0.1) is 22.9 Å². The minimum atomic E-state index is 0.0294. The molecule has 102 valence electrons. The number of thiophene rings is 1. The summed E-state index contributed by atoms with van der Waals surface area (Å²) in [5, 5.41) is 5.01. The Balaban J connectivity index is 2.18. The Hall–Kier alpha value is -0.580. The van der Waals surface area contributed by atoms with Crippen LogP contribution < -0.4 is 5.32 Å². The number of carbonyl (C=O) groups is 1. The summed E-state index contributed by atoms with van der Waals surface area (Å²) in [5.74, 6) is 0.613. The number of methoxy groups -OCH3 is 1. The fraction of sp³-hybridized carbons (Fsp3) is 0.615. The minimum absolute atomic E-state index is 0.0294. The largest absolute Gasteiger partial charge is 0.383 e. The summed E-state index contributed by atoms with van der Waals surface area (Å²) in [7, 11) is 1.63. The third-order valence-electron chi connectivity index (χ3n) is 2.60. The van der Waals surface area contributed by atoms with Crippen molar-refractivity contribution in [3.05, 3.63) is 22.4 Å². The topological polar surface area (TPSA) is 38.3 Å². The molecule has 0 saturated carbocycles. The standard InChI is InChI=1S/C13H20ClNO2S/c1-17-10-11(7-8-14)15-13(16)6-2-4-12-5-3-9-18-12/h3,5,9,11H,2,4,6-8,10H2,1H3,(H,15,16). The molecule has 1 N–H and O–H groups in total. The van der Waals surface area contributed by atoms with Crippen LogP contribution >= 0.6 is 22.9 Å². The fourth-order valence-electron chi connectivity index (χ4n) is 1.71. The summed E-state index contributed by atoms with van der Waals surface area (Å²) in [6, 6.07) is 4.17. The van der Waals surface area contributed by atoms with Crippen molar-refractivity contribution in [1.29, 1.82) is 0 Å². The van der Waals surface area contributed by atoms with Crippen LogP contribution in [0.1, 0.15) is 24.1 Å². The normalized spacial score (nSPS) is 12.3. The van der Waals surface area contributed by atoms with Gasteiger partial charge in [0.05, 0.1) is 12.6 Å². The zero-order valence-corrected chi connectivity index (χ0v) is 12.2. The van der Waals surface area contributed by atoms with Crippen molar-refractivity contribution in [3.8, 4) is 0 Å². The molecule has 0 saturated heterocycles. The van der Waals surface area contributed by atoms with Gasteiger partial charge >= 0.3 is 0 Å². The molecule has 1 amide bonds. The second-order valence-electron chi connectivity index (χ2n) is 4.13. The SMILES string of the molecule is COCC(CCCl)NC(=O)CCCc1cccs1.